The van der Waals surface area contributed by atoms with Crippen molar-refractivity contribution >= 4 is 11.9 Å². The molecule has 0 atom stereocenters. The van der Waals surface area contributed by atoms with Crippen LogP contribution in [-0.4, -0.2) is 25.5 Å². The first-order valence-corrected chi connectivity index (χ1v) is 7.53. The van der Waals surface area contributed by atoms with Crippen molar-refractivity contribution in [2.75, 3.05) is 13.7 Å². The highest BCUT2D eigenvalue weighted by molar-refractivity contribution is 5.96. The van der Waals surface area contributed by atoms with Crippen molar-refractivity contribution in [2.24, 2.45) is 5.41 Å². The molecular weight excluding hydrogens is 266 g/mol. The van der Waals surface area contributed by atoms with Crippen LogP contribution in [-0.2, 0) is 9.53 Å². The molecule has 4 heteroatoms. The first kappa shape index (κ1) is 14.1. The zero-order chi connectivity index (χ0) is 15.0. The van der Waals surface area contributed by atoms with Crippen molar-refractivity contribution in [3.8, 4) is 0 Å². The predicted molar refractivity (Wildman–Crippen MR) is 79.2 cm³/mol. The van der Waals surface area contributed by atoms with Crippen LogP contribution in [0.3, 0.4) is 0 Å². The van der Waals surface area contributed by atoms with Crippen molar-refractivity contribution in [1.29, 1.82) is 0 Å². The van der Waals surface area contributed by atoms with Gasteiger partial charge in [0.15, 0.2) is 0 Å². The number of aryl methyl sites for hydroxylation is 1. The summed E-state index contributed by atoms with van der Waals surface area (Å²) in [4.78, 5) is 24.2. The fraction of sp³-hybridized carbons (Fsp3) is 0.529. The van der Waals surface area contributed by atoms with E-state index in [0.717, 1.165) is 42.4 Å². The summed E-state index contributed by atoms with van der Waals surface area (Å²) in [5, 5.41) is 2.93. The zero-order valence-corrected chi connectivity index (χ0v) is 12.6. The Morgan fingerprint density at radius 3 is 2.62 bits per heavy atom. The van der Waals surface area contributed by atoms with E-state index < -0.39 is 5.41 Å². The summed E-state index contributed by atoms with van der Waals surface area (Å²) < 4.78 is 4.82. The summed E-state index contributed by atoms with van der Waals surface area (Å²) >= 11 is 0. The summed E-state index contributed by atoms with van der Waals surface area (Å²) in [6.45, 7) is 2.36. The number of carbonyl (C=O) groups is 2. The van der Waals surface area contributed by atoms with Crippen LogP contribution in [0.2, 0.25) is 0 Å². The molecule has 0 heterocycles. The van der Waals surface area contributed by atoms with E-state index >= 15 is 0 Å². The molecule has 112 valence electrons. The van der Waals surface area contributed by atoms with Gasteiger partial charge in [0.25, 0.3) is 5.91 Å². The first-order valence-electron chi connectivity index (χ1n) is 7.53. The van der Waals surface area contributed by atoms with Gasteiger partial charge in [-0.2, -0.15) is 0 Å². The second-order valence-corrected chi connectivity index (χ2v) is 6.32. The van der Waals surface area contributed by atoms with Crippen molar-refractivity contribution in [1.82, 2.24) is 5.32 Å². The van der Waals surface area contributed by atoms with Gasteiger partial charge in [-0.05, 0) is 50.2 Å². The Morgan fingerprint density at radius 1 is 1.33 bits per heavy atom. The Bertz CT molecular complexity index is 586. The molecule has 4 nitrogen and oxygen atoms in total. The number of esters is 1. The smallest absolute Gasteiger partial charge is 0.313 e. The molecule has 2 fully saturated rings. The summed E-state index contributed by atoms with van der Waals surface area (Å²) in [6, 6.07) is 6.07. The van der Waals surface area contributed by atoms with Gasteiger partial charge in [-0.15, -0.1) is 0 Å². The van der Waals surface area contributed by atoms with Crippen LogP contribution in [0.25, 0.3) is 0 Å². The van der Waals surface area contributed by atoms with Gasteiger partial charge in [0.2, 0.25) is 0 Å². The third kappa shape index (κ3) is 2.80. The van der Waals surface area contributed by atoms with E-state index in [1.807, 2.05) is 13.0 Å². The van der Waals surface area contributed by atoms with Crippen LogP contribution in [0, 0.1) is 12.3 Å². The topological polar surface area (TPSA) is 55.4 Å². The molecule has 0 bridgehead atoms. The molecular formula is C17H21NO3. The van der Waals surface area contributed by atoms with Gasteiger partial charge in [-0.3, -0.25) is 9.59 Å². The third-order valence-corrected chi connectivity index (χ3v) is 4.53. The summed E-state index contributed by atoms with van der Waals surface area (Å²) in [6.07, 6.45) is 3.91. The van der Waals surface area contributed by atoms with Crippen LogP contribution >= 0.6 is 0 Å². The summed E-state index contributed by atoms with van der Waals surface area (Å²) in [7, 11) is 1.40. The minimum absolute atomic E-state index is 0.0734. The average molecular weight is 287 g/mol. The van der Waals surface area contributed by atoms with Crippen LogP contribution in [0.1, 0.15) is 53.1 Å². The molecule has 2 aliphatic carbocycles. The van der Waals surface area contributed by atoms with Crippen molar-refractivity contribution in [3.05, 3.63) is 34.9 Å². The van der Waals surface area contributed by atoms with Gasteiger partial charge in [0.05, 0.1) is 12.5 Å². The number of hydrogen-bond acceptors (Lipinski definition) is 3. The second kappa shape index (κ2) is 5.17. The molecule has 0 saturated heterocycles. The molecule has 21 heavy (non-hydrogen) atoms. The highest BCUT2D eigenvalue weighted by Gasteiger charge is 2.51. The SMILES string of the molecule is COC(=O)C1(CNC(=O)c2cc(C)ccc2C2CC2)CC1. The maximum Gasteiger partial charge on any atom is 0.313 e. The number of ether oxygens (including phenoxy) is 1. The molecule has 2 saturated carbocycles. The van der Waals surface area contributed by atoms with E-state index in [-0.39, 0.29) is 11.9 Å². The molecule has 1 aromatic carbocycles. The van der Waals surface area contributed by atoms with E-state index in [0.29, 0.717) is 12.5 Å². The van der Waals surface area contributed by atoms with E-state index in [4.69, 9.17) is 4.74 Å². The van der Waals surface area contributed by atoms with Gasteiger partial charge in [-0.25, -0.2) is 0 Å². The van der Waals surface area contributed by atoms with E-state index in [1.54, 1.807) is 0 Å². The number of carbonyl (C=O) groups excluding carboxylic acids is 2. The van der Waals surface area contributed by atoms with E-state index in [1.165, 1.54) is 7.11 Å². The van der Waals surface area contributed by atoms with Gasteiger partial charge in [0.1, 0.15) is 0 Å². The van der Waals surface area contributed by atoms with Gasteiger partial charge >= 0.3 is 5.97 Å². The van der Waals surface area contributed by atoms with Crippen molar-refractivity contribution < 1.29 is 14.3 Å². The Morgan fingerprint density at radius 2 is 2.05 bits per heavy atom. The molecule has 1 aromatic rings. The molecule has 1 amide bonds. The van der Waals surface area contributed by atoms with Gasteiger partial charge in [-0.1, -0.05) is 17.7 Å². The molecule has 0 spiro atoms. The summed E-state index contributed by atoms with van der Waals surface area (Å²) in [5.41, 5.74) is 2.51. The molecule has 2 aliphatic rings. The number of methoxy groups -OCH3 is 1. The molecule has 0 radical (unpaired) electrons. The van der Waals surface area contributed by atoms with Crippen LogP contribution in [0.15, 0.2) is 18.2 Å². The Balaban J connectivity index is 1.71. The maximum absolute atomic E-state index is 12.5. The standard InChI is InChI=1S/C17H21NO3/c1-11-3-6-13(12-4-5-12)14(9-11)15(19)18-10-17(7-8-17)16(20)21-2/h3,6,9,12H,4-5,7-8,10H2,1-2H3,(H,18,19). The molecule has 1 N–H and O–H groups in total. The molecule has 0 unspecified atom stereocenters. The summed E-state index contributed by atoms with van der Waals surface area (Å²) in [5.74, 6) is 0.243. The highest BCUT2D eigenvalue weighted by atomic mass is 16.5. The normalized spacial score (nSPS) is 19.0. The largest absolute Gasteiger partial charge is 0.469 e. The zero-order valence-electron chi connectivity index (χ0n) is 12.6. The van der Waals surface area contributed by atoms with E-state index in [2.05, 4.69) is 17.4 Å². The second-order valence-electron chi connectivity index (χ2n) is 6.32. The van der Waals surface area contributed by atoms with E-state index in [9.17, 15) is 9.59 Å². The molecule has 3 rings (SSSR count). The van der Waals surface area contributed by atoms with Crippen LogP contribution in [0.4, 0.5) is 0 Å². The number of rotatable bonds is 5. The number of nitrogens with one attached hydrogen (secondary N) is 1. The fourth-order valence-electron chi connectivity index (χ4n) is 2.78. The molecule has 0 aliphatic heterocycles. The fourth-order valence-corrected chi connectivity index (χ4v) is 2.78. The monoisotopic (exact) mass is 287 g/mol. The molecule has 0 aromatic heterocycles. The van der Waals surface area contributed by atoms with Crippen LogP contribution < -0.4 is 5.32 Å². The first-order chi connectivity index (χ1) is 10.1. The average Bonchev–Trinajstić information content (AvgIpc) is 3.37. The Hall–Kier alpha value is -1.84. The number of benzene rings is 1. The van der Waals surface area contributed by atoms with Crippen LogP contribution in [0.5, 0.6) is 0 Å². The lowest BCUT2D eigenvalue weighted by Gasteiger charge is -2.15. The Labute approximate surface area is 124 Å². The minimum Gasteiger partial charge on any atom is -0.469 e. The number of amides is 1. The minimum atomic E-state index is -0.478. The maximum atomic E-state index is 12.5. The predicted octanol–water partition coefficient (Wildman–Crippen LogP) is 2.56. The third-order valence-electron chi connectivity index (χ3n) is 4.53. The highest BCUT2D eigenvalue weighted by Crippen LogP contribution is 2.46. The lowest BCUT2D eigenvalue weighted by atomic mass is 9.99. The number of hydrogen-bond donors (Lipinski definition) is 1. The van der Waals surface area contributed by atoms with Crippen molar-refractivity contribution in [2.45, 2.75) is 38.5 Å². The lowest BCUT2D eigenvalue weighted by molar-refractivity contribution is -0.146. The van der Waals surface area contributed by atoms with Gasteiger partial charge in [0, 0.05) is 12.1 Å². The van der Waals surface area contributed by atoms with Gasteiger partial charge < -0.3 is 10.1 Å². The Kier molecular flexibility index (Phi) is 3.47. The lowest BCUT2D eigenvalue weighted by Crippen LogP contribution is -2.35. The quantitative estimate of drug-likeness (QED) is 0.847. The van der Waals surface area contributed by atoms with Crippen molar-refractivity contribution in [3.63, 3.8) is 0 Å².